The molecule has 0 atom stereocenters. The summed E-state index contributed by atoms with van der Waals surface area (Å²) in [6.45, 7) is 20.9. The second kappa shape index (κ2) is 17.6. The van der Waals surface area contributed by atoms with Crippen LogP contribution in [-0.2, 0) is 29.1 Å². The van der Waals surface area contributed by atoms with Gasteiger partial charge in [-0.05, 0) is 166 Å². The molecule has 73 heavy (non-hydrogen) atoms. The lowest BCUT2D eigenvalue weighted by molar-refractivity contribution is 0.590. The number of nitrogens with zero attached hydrogens (tertiary/aromatic N) is 4. The molecule has 0 spiro atoms. The Balaban J connectivity index is 1.19. The van der Waals surface area contributed by atoms with Crippen LogP contribution in [0.15, 0.2) is 194 Å². The first-order valence-corrected chi connectivity index (χ1v) is 26.6. The highest BCUT2D eigenvalue weighted by atomic mass is 15.2. The zero-order valence-electron chi connectivity index (χ0n) is 44.2. The van der Waals surface area contributed by atoms with Crippen LogP contribution in [0.3, 0.4) is 0 Å². The van der Waals surface area contributed by atoms with E-state index in [1.807, 2.05) is 0 Å². The van der Waals surface area contributed by atoms with Gasteiger partial charge in [0.1, 0.15) is 0 Å². The average molecular weight is 951 g/mol. The van der Waals surface area contributed by atoms with Crippen molar-refractivity contribution in [1.29, 1.82) is 0 Å². The van der Waals surface area contributed by atoms with Crippen LogP contribution >= 0.6 is 0 Å². The van der Waals surface area contributed by atoms with Gasteiger partial charge in [-0.2, -0.15) is 0 Å². The Morgan fingerprint density at radius 3 is 1.56 bits per heavy atom. The number of hydrogen-bond donors (Lipinski definition) is 0. The van der Waals surface area contributed by atoms with E-state index in [2.05, 4.69) is 276 Å². The van der Waals surface area contributed by atoms with Gasteiger partial charge in [0.05, 0.1) is 11.4 Å². The summed E-state index contributed by atoms with van der Waals surface area (Å²) < 4.78 is 2.69. The van der Waals surface area contributed by atoms with Crippen LogP contribution in [0.2, 0.25) is 0 Å². The molecule has 0 fully saturated rings. The van der Waals surface area contributed by atoms with E-state index in [9.17, 15) is 0 Å². The minimum Gasteiger partial charge on any atom is -0.323 e. The summed E-state index contributed by atoms with van der Waals surface area (Å²) in [5, 5.41) is 0. The lowest BCUT2D eigenvalue weighted by Gasteiger charge is -2.45. The van der Waals surface area contributed by atoms with E-state index in [1.54, 1.807) is 0 Å². The van der Waals surface area contributed by atoms with Gasteiger partial charge in [0, 0.05) is 62.3 Å². The third-order valence-electron chi connectivity index (χ3n) is 15.8. The molecule has 0 saturated heterocycles. The number of benzene rings is 8. The van der Waals surface area contributed by atoms with Crippen LogP contribution in [0, 0.1) is 0 Å². The number of anilines is 9. The molecule has 0 unspecified atom stereocenters. The Hall–Kier alpha value is -7.50. The Morgan fingerprint density at radius 1 is 0.438 bits per heavy atom. The topological polar surface area (TPSA) is 14.7 Å². The van der Waals surface area contributed by atoms with Gasteiger partial charge in [0.25, 0.3) is 6.71 Å². The van der Waals surface area contributed by atoms with Crippen LogP contribution in [0.1, 0.15) is 103 Å². The smallest absolute Gasteiger partial charge is 0.273 e. The molecule has 0 bridgehead atoms. The van der Waals surface area contributed by atoms with Crippen molar-refractivity contribution in [2.75, 3.05) is 14.7 Å². The van der Waals surface area contributed by atoms with Crippen molar-refractivity contribution in [2.45, 2.75) is 104 Å². The molecule has 5 heteroatoms. The summed E-state index contributed by atoms with van der Waals surface area (Å²) >= 11 is 0. The summed E-state index contributed by atoms with van der Waals surface area (Å²) in [5.41, 5.74) is 25.1. The van der Waals surface area contributed by atoms with Gasteiger partial charge in [0.15, 0.2) is 0 Å². The van der Waals surface area contributed by atoms with Crippen molar-refractivity contribution in [3.63, 3.8) is 0 Å². The van der Waals surface area contributed by atoms with Crippen LogP contribution in [0.25, 0.3) is 16.8 Å². The number of fused-ring (bicyclic) bond motifs is 6. The first kappa shape index (κ1) is 46.6. The second-order valence-electron chi connectivity index (χ2n) is 23.7. The molecule has 8 aromatic carbocycles. The largest absolute Gasteiger partial charge is 0.323 e. The highest BCUT2D eigenvalue weighted by Gasteiger charge is 2.48. The first-order valence-electron chi connectivity index (χ1n) is 26.6. The van der Waals surface area contributed by atoms with E-state index >= 15 is 0 Å². The van der Waals surface area contributed by atoms with Gasteiger partial charge in [-0.25, -0.2) is 0 Å². The molecular formula is C68H67BN4. The van der Waals surface area contributed by atoms with Crippen LogP contribution < -0.4 is 31.2 Å². The van der Waals surface area contributed by atoms with Crippen molar-refractivity contribution in [3.8, 4) is 16.8 Å². The summed E-state index contributed by atoms with van der Waals surface area (Å²) in [6.07, 6.45) is 4.46. The minimum absolute atomic E-state index is 0.0125. The molecule has 1 aliphatic carbocycles. The molecule has 3 heterocycles. The van der Waals surface area contributed by atoms with E-state index < -0.39 is 0 Å². The first-order chi connectivity index (χ1) is 35.1. The lowest BCUT2D eigenvalue weighted by atomic mass is 9.34. The monoisotopic (exact) mass is 951 g/mol. The highest BCUT2D eigenvalue weighted by molar-refractivity contribution is 7.00. The molecule has 1 aromatic heterocycles. The summed E-state index contributed by atoms with van der Waals surface area (Å²) in [6, 6.07) is 73.5. The normalized spacial score (nSPS) is 14.1. The number of rotatable bonds is 7. The van der Waals surface area contributed by atoms with E-state index in [4.69, 9.17) is 0 Å². The molecule has 3 aliphatic rings. The van der Waals surface area contributed by atoms with E-state index in [0.29, 0.717) is 0 Å². The Labute approximate surface area is 434 Å². The van der Waals surface area contributed by atoms with Crippen LogP contribution in [-0.4, -0.2) is 11.3 Å². The Bertz CT molecular complexity index is 3500. The predicted molar refractivity (Wildman–Crippen MR) is 313 cm³/mol. The lowest BCUT2D eigenvalue weighted by Crippen LogP contribution is -2.63. The summed E-state index contributed by atoms with van der Waals surface area (Å²) in [4.78, 5) is 7.77. The third kappa shape index (κ3) is 8.00. The number of hydrogen-bond acceptors (Lipinski definition) is 3. The average Bonchev–Trinajstić information content (AvgIpc) is 3.73. The number of aromatic nitrogens is 1. The zero-order valence-corrected chi connectivity index (χ0v) is 44.2. The van der Waals surface area contributed by atoms with Crippen molar-refractivity contribution < 1.29 is 0 Å². The Kier molecular flexibility index (Phi) is 11.2. The SMILES string of the molecule is CC(C)(C)c1ccc(N(c2ccc3c(c2)N(c2ccccc2)c2cc(C(C)(C)C)cc4c2B3c2c(c3c(n2-c2ccccc2)CCCC3)N4c2ccccc2)c2ccc(C(C)(C)C)cc2-c2ccccc2)cc1. The van der Waals surface area contributed by atoms with Gasteiger partial charge in [-0.1, -0.05) is 172 Å². The van der Waals surface area contributed by atoms with Crippen LogP contribution in [0.4, 0.5) is 51.2 Å². The predicted octanol–water partition coefficient (Wildman–Crippen LogP) is 16.5. The van der Waals surface area contributed by atoms with Crippen molar-refractivity contribution in [2.24, 2.45) is 0 Å². The van der Waals surface area contributed by atoms with Crippen molar-refractivity contribution >= 4 is 74.4 Å². The fraction of sp³-hybridized carbons (Fsp3) is 0.235. The minimum atomic E-state index is -0.132. The molecule has 12 rings (SSSR count). The summed E-state index contributed by atoms with van der Waals surface area (Å²) in [7, 11) is 0. The second-order valence-corrected chi connectivity index (χ2v) is 23.7. The summed E-state index contributed by atoms with van der Waals surface area (Å²) in [5.74, 6) is 0. The fourth-order valence-corrected chi connectivity index (χ4v) is 12.0. The Morgan fingerprint density at radius 2 is 0.959 bits per heavy atom. The molecule has 0 radical (unpaired) electrons. The van der Waals surface area contributed by atoms with Gasteiger partial charge in [-0.3, -0.25) is 0 Å². The standard InChI is InChI=1S/C68H67BN4/c1-66(2,3)47-34-37-53(38-35-47)70(59-41-36-48(67(4,5)6)42-56(59)46-24-14-10-15-25-46)54-39-40-57-60(45-54)71(50-26-16-11-17-27-50)61-43-49(68(7,8)9)44-62-63(61)69(57)65-64(72(62)51-28-18-12-19-29-51)55-32-22-23-33-58(55)73(65)52-30-20-13-21-31-52/h10-21,24-31,34-45H,22-23,32-33H2,1-9H3. The number of para-hydroxylation sites is 3. The van der Waals surface area contributed by atoms with E-state index in [1.165, 1.54) is 103 Å². The molecule has 0 amide bonds. The molecule has 9 aromatic rings. The van der Waals surface area contributed by atoms with Crippen molar-refractivity contribution in [3.05, 3.63) is 222 Å². The molecule has 4 nitrogen and oxygen atoms in total. The molecule has 2 aliphatic heterocycles. The quantitative estimate of drug-likeness (QED) is 0.148. The highest BCUT2D eigenvalue weighted by Crippen LogP contribution is 2.51. The zero-order chi connectivity index (χ0) is 50.4. The molecular weight excluding hydrogens is 884 g/mol. The molecule has 0 saturated carbocycles. The van der Waals surface area contributed by atoms with E-state index in [0.717, 1.165) is 35.6 Å². The third-order valence-corrected chi connectivity index (χ3v) is 15.8. The fourth-order valence-electron chi connectivity index (χ4n) is 12.0. The maximum absolute atomic E-state index is 2.69. The van der Waals surface area contributed by atoms with Gasteiger partial charge in [0.2, 0.25) is 0 Å². The maximum atomic E-state index is 2.69. The van der Waals surface area contributed by atoms with Gasteiger partial charge < -0.3 is 19.3 Å². The molecule has 0 N–H and O–H groups in total. The van der Waals surface area contributed by atoms with Crippen LogP contribution in [0.5, 0.6) is 0 Å². The molecule has 362 valence electrons. The van der Waals surface area contributed by atoms with E-state index in [-0.39, 0.29) is 23.0 Å². The van der Waals surface area contributed by atoms with Crippen molar-refractivity contribution in [1.82, 2.24) is 4.57 Å². The maximum Gasteiger partial charge on any atom is 0.273 e. The van der Waals surface area contributed by atoms with Gasteiger partial charge >= 0.3 is 0 Å². The van der Waals surface area contributed by atoms with Gasteiger partial charge in [-0.15, -0.1) is 0 Å².